The summed E-state index contributed by atoms with van der Waals surface area (Å²) in [5.74, 6) is 0. The van der Waals surface area contributed by atoms with Crippen molar-refractivity contribution in [3.63, 3.8) is 0 Å². The van der Waals surface area contributed by atoms with Gasteiger partial charge in [-0.3, -0.25) is 0 Å². The maximum Gasteiger partial charge on any atom is 0.119 e. The molecule has 0 atom stereocenters. The van der Waals surface area contributed by atoms with E-state index in [2.05, 4.69) is 31.2 Å². The van der Waals surface area contributed by atoms with Crippen LogP contribution in [0.4, 0.5) is 0 Å². The van der Waals surface area contributed by atoms with Gasteiger partial charge in [0.25, 0.3) is 0 Å². The zero-order valence-electron chi connectivity index (χ0n) is 12.1. The molecule has 0 saturated heterocycles. The molecule has 0 saturated carbocycles. The van der Waals surface area contributed by atoms with Gasteiger partial charge in [0.15, 0.2) is 0 Å². The van der Waals surface area contributed by atoms with Crippen LogP contribution in [-0.4, -0.2) is 6.29 Å². The van der Waals surface area contributed by atoms with Crippen LogP contribution in [0.15, 0.2) is 24.3 Å². The Balaban J connectivity index is 3.13. The third kappa shape index (κ3) is 15.1. The van der Waals surface area contributed by atoms with Crippen molar-refractivity contribution < 1.29 is 4.79 Å². The molecule has 0 aromatic rings. The summed E-state index contributed by atoms with van der Waals surface area (Å²) in [5, 5.41) is 0. The predicted molar refractivity (Wildman–Crippen MR) is 80.8 cm³/mol. The van der Waals surface area contributed by atoms with Gasteiger partial charge in [-0.2, -0.15) is 0 Å². The number of unbranched alkanes of at least 4 members (excludes halogenated alkanes) is 8. The fourth-order valence-electron chi connectivity index (χ4n) is 1.85. The van der Waals surface area contributed by atoms with Crippen LogP contribution < -0.4 is 0 Å². The van der Waals surface area contributed by atoms with E-state index >= 15 is 0 Å². The summed E-state index contributed by atoms with van der Waals surface area (Å²) in [6, 6.07) is 0. The largest absolute Gasteiger partial charge is 0.303 e. The molecule has 0 heterocycles. The molecule has 0 aliphatic rings. The van der Waals surface area contributed by atoms with Crippen LogP contribution in [0.3, 0.4) is 0 Å². The predicted octanol–water partition coefficient (Wildman–Crippen LogP) is 5.61. The number of allylic oxidation sites excluding steroid dienone is 4. The van der Waals surface area contributed by atoms with E-state index in [9.17, 15) is 4.79 Å². The molecule has 0 aromatic heterocycles. The lowest BCUT2D eigenvalue weighted by Crippen LogP contribution is -1.80. The van der Waals surface area contributed by atoms with Crippen molar-refractivity contribution >= 4 is 6.29 Å². The molecule has 1 nitrogen and oxygen atoms in total. The van der Waals surface area contributed by atoms with Crippen molar-refractivity contribution in [2.24, 2.45) is 0 Å². The minimum Gasteiger partial charge on any atom is -0.303 e. The molecule has 0 bridgehead atoms. The first-order chi connectivity index (χ1) is 8.91. The maximum atomic E-state index is 10.1. The minimum absolute atomic E-state index is 0.740. The number of hydrogen-bond donors (Lipinski definition) is 0. The summed E-state index contributed by atoms with van der Waals surface area (Å²) in [6.07, 6.45) is 23.2. The van der Waals surface area contributed by atoms with Gasteiger partial charge in [0.1, 0.15) is 6.29 Å². The number of hydrogen-bond acceptors (Lipinski definition) is 1. The van der Waals surface area contributed by atoms with Crippen molar-refractivity contribution in [2.75, 3.05) is 0 Å². The Morgan fingerprint density at radius 1 is 0.667 bits per heavy atom. The van der Waals surface area contributed by atoms with Crippen LogP contribution in [0.25, 0.3) is 0 Å². The van der Waals surface area contributed by atoms with Gasteiger partial charge in [0, 0.05) is 6.42 Å². The third-order valence-corrected chi connectivity index (χ3v) is 3.02. The minimum atomic E-state index is 0.740. The van der Waals surface area contributed by atoms with Crippen LogP contribution in [0.5, 0.6) is 0 Å². The Morgan fingerprint density at radius 3 is 1.83 bits per heavy atom. The molecule has 0 unspecified atom stereocenters. The summed E-state index contributed by atoms with van der Waals surface area (Å²) in [5.41, 5.74) is 0. The van der Waals surface area contributed by atoms with Crippen LogP contribution in [-0.2, 0) is 4.79 Å². The Kier molecular flexibility index (Phi) is 15.4. The summed E-state index contributed by atoms with van der Waals surface area (Å²) >= 11 is 0. The molecule has 0 radical (unpaired) electrons. The van der Waals surface area contributed by atoms with E-state index in [-0.39, 0.29) is 0 Å². The van der Waals surface area contributed by atoms with E-state index < -0.39 is 0 Å². The first-order valence-electron chi connectivity index (χ1n) is 7.65. The lowest BCUT2D eigenvalue weighted by atomic mass is 10.1. The van der Waals surface area contributed by atoms with E-state index in [1.54, 1.807) is 0 Å². The second kappa shape index (κ2) is 16.1. The molecule has 0 spiro atoms. The fourth-order valence-corrected chi connectivity index (χ4v) is 1.85. The van der Waals surface area contributed by atoms with Crippen molar-refractivity contribution in [3.8, 4) is 0 Å². The van der Waals surface area contributed by atoms with E-state index in [0.717, 1.165) is 25.5 Å². The Labute approximate surface area is 113 Å². The van der Waals surface area contributed by atoms with Crippen molar-refractivity contribution in [1.29, 1.82) is 0 Å². The lowest BCUT2D eigenvalue weighted by Gasteiger charge is -1.97. The van der Waals surface area contributed by atoms with Gasteiger partial charge in [-0.05, 0) is 32.1 Å². The van der Waals surface area contributed by atoms with Gasteiger partial charge < -0.3 is 4.79 Å². The molecule has 0 amide bonds. The molecule has 18 heavy (non-hydrogen) atoms. The van der Waals surface area contributed by atoms with Crippen molar-refractivity contribution in [1.82, 2.24) is 0 Å². The maximum absolute atomic E-state index is 10.1. The van der Waals surface area contributed by atoms with Crippen molar-refractivity contribution in [2.45, 2.75) is 77.6 Å². The normalized spacial score (nSPS) is 11.6. The highest BCUT2D eigenvalue weighted by molar-refractivity contribution is 5.48. The standard InChI is InChI=1S/C17H30O/c1-2-3-4-5-6-7-8-9-10-11-12-13-14-15-16-17-18/h5-6,8-9,17H,2-4,7,10-16H2,1H3/b6-5-,9-8-. The summed E-state index contributed by atoms with van der Waals surface area (Å²) in [7, 11) is 0. The van der Waals surface area contributed by atoms with Gasteiger partial charge in [0.2, 0.25) is 0 Å². The summed E-state index contributed by atoms with van der Waals surface area (Å²) in [6.45, 7) is 2.23. The van der Waals surface area contributed by atoms with Crippen LogP contribution in [0, 0.1) is 0 Å². The van der Waals surface area contributed by atoms with E-state index in [1.165, 1.54) is 51.4 Å². The molecular formula is C17H30O. The first-order valence-corrected chi connectivity index (χ1v) is 7.65. The molecule has 0 aliphatic carbocycles. The number of carbonyl (C=O) groups is 1. The van der Waals surface area contributed by atoms with Crippen molar-refractivity contribution in [3.05, 3.63) is 24.3 Å². The van der Waals surface area contributed by atoms with Crippen LogP contribution in [0.1, 0.15) is 77.6 Å². The Hall–Kier alpha value is -0.850. The third-order valence-electron chi connectivity index (χ3n) is 3.02. The Morgan fingerprint density at radius 2 is 1.22 bits per heavy atom. The van der Waals surface area contributed by atoms with Gasteiger partial charge in [-0.15, -0.1) is 0 Å². The fraction of sp³-hybridized carbons (Fsp3) is 0.706. The second-order valence-electron chi connectivity index (χ2n) is 4.83. The van der Waals surface area contributed by atoms with E-state index in [4.69, 9.17) is 0 Å². The van der Waals surface area contributed by atoms with Crippen LogP contribution >= 0.6 is 0 Å². The molecule has 104 valence electrons. The number of rotatable bonds is 13. The molecule has 0 aromatic carbocycles. The van der Waals surface area contributed by atoms with Gasteiger partial charge >= 0.3 is 0 Å². The van der Waals surface area contributed by atoms with Gasteiger partial charge in [-0.1, -0.05) is 63.3 Å². The molecule has 0 fully saturated rings. The summed E-state index contributed by atoms with van der Waals surface area (Å²) < 4.78 is 0. The van der Waals surface area contributed by atoms with E-state index in [0.29, 0.717) is 0 Å². The number of carbonyl (C=O) groups excluding carboxylic acids is 1. The van der Waals surface area contributed by atoms with Gasteiger partial charge in [0.05, 0.1) is 0 Å². The highest BCUT2D eigenvalue weighted by Crippen LogP contribution is 2.07. The smallest absolute Gasteiger partial charge is 0.119 e. The highest BCUT2D eigenvalue weighted by Gasteiger charge is 1.89. The average molecular weight is 250 g/mol. The quantitative estimate of drug-likeness (QED) is 0.236. The zero-order valence-corrected chi connectivity index (χ0v) is 12.1. The summed E-state index contributed by atoms with van der Waals surface area (Å²) in [4.78, 5) is 10.1. The van der Waals surface area contributed by atoms with E-state index in [1.807, 2.05) is 0 Å². The molecule has 0 N–H and O–H groups in total. The molecule has 0 rings (SSSR count). The second-order valence-corrected chi connectivity index (χ2v) is 4.83. The molecular weight excluding hydrogens is 220 g/mol. The Bertz CT molecular complexity index is 216. The topological polar surface area (TPSA) is 17.1 Å². The highest BCUT2D eigenvalue weighted by atomic mass is 16.1. The number of aldehydes is 1. The lowest BCUT2D eigenvalue weighted by molar-refractivity contribution is -0.107. The van der Waals surface area contributed by atoms with Crippen LogP contribution in [0.2, 0.25) is 0 Å². The molecule has 0 aliphatic heterocycles. The average Bonchev–Trinajstić information content (AvgIpc) is 2.39. The first kappa shape index (κ1) is 17.2. The SMILES string of the molecule is CCCC/C=C\C/C=C\CCCCCCCC=O. The zero-order chi connectivity index (χ0) is 13.3. The monoisotopic (exact) mass is 250 g/mol. The van der Waals surface area contributed by atoms with Gasteiger partial charge in [-0.25, -0.2) is 0 Å². The molecule has 1 heteroatoms.